The molecule has 0 aromatic heterocycles. The van der Waals surface area contributed by atoms with Crippen molar-refractivity contribution in [2.45, 2.75) is 13.3 Å². The molecule has 0 aromatic rings. The maximum absolute atomic E-state index is 3.24. The lowest BCUT2D eigenvalue weighted by Gasteiger charge is -2.02. The van der Waals surface area contributed by atoms with Crippen LogP contribution >= 0.6 is 0 Å². The summed E-state index contributed by atoms with van der Waals surface area (Å²) in [5.74, 6) is 0. The van der Waals surface area contributed by atoms with Crippen LogP contribution in [0.2, 0.25) is 0 Å². The number of hydrogen-bond acceptors (Lipinski definition) is 2. The summed E-state index contributed by atoms with van der Waals surface area (Å²) in [4.78, 5) is 2.14. The van der Waals surface area contributed by atoms with Crippen LogP contribution in [0.4, 0.5) is 0 Å². The van der Waals surface area contributed by atoms with Gasteiger partial charge in [0, 0.05) is 18.9 Å². The zero-order chi connectivity index (χ0) is 5.98. The molecule has 1 N–H and O–H groups in total. The van der Waals surface area contributed by atoms with Gasteiger partial charge in [-0.1, -0.05) is 6.92 Å². The summed E-state index contributed by atoms with van der Waals surface area (Å²) in [6, 6.07) is 0. The van der Waals surface area contributed by atoms with Crippen molar-refractivity contribution in [2.24, 2.45) is 0 Å². The largest absolute Gasteiger partial charge is 0.370 e. The van der Waals surface area contributed by atoms with Gasteiger partial charge in [0.05, 0.1) is 6.67 Å². The Balaban J connectivity index is 2.44. The summed E-state index contributed by atoms with van der Waals surface area (Å²) >= 11 is 0. The second-order valence-electron chi connectivity index (χ2n) is 2.10. The standard InChI is InChI=1S/C6H12N2/c1-3-6-4-8(2)5-7-6/h4,7H,3,5H2,1-2H3. The van der Waals surface area contributed by atoms with Crippen molar-refractivity contribution in [3.8, 4) is 0 Å². The molecule has 0 aliphatic carbocycles. The van der Waals surface area contributed by atoms with E-state index in [2.05, 4.69) is 30.4 Å². The van der Waals surface area contributed by atoms with Crippen molar-refractivity contribution >= 4 is 0 Å². The molecule has 1 aliphatic heterocycles. The maximum Gasteiger partial charge on any atom is 0.0866 e. The quantitative estimate of drug-likeness (QED) is 0.538. The average Bonchev–Trinajstić information content (AvgIpc) is 2.14. The predicted molar refractivity (Wildman–Crippen MR) is 34.1 cm³/mol. The van der Waals surface area contributed by atoms with Gasteiger partial charge in [0.15, 0.2) is 0 Å². The van der Waals surface area contributed by atoms with E-state index >= 15 is 0 Å². The molecule has 0 unspecified atom stereocenters. The molecule has 0 spiro atoms. The minimum Gasteiger partial charge on any atom is -0.370 e. The summed E-state index contributed by atoms with van der Waals surface area (Å²) in [5, 5.41) is 3.24. The van der Waals surface area contributed by atoms with Crippen LogP contribution in [0.15, 0.2) is 11.9 Å². The highest BCUT2D eigenvalue weighted by Gasteiger charge is 2.02. The first-order chi connectivity index (χ1) is 3.83. The number of nitrogens with zero attached hydrogens (tertiary/aromatic N) is 1. The van der Waals surface area contributed by atoms with Crippen LogP contribution < -0.4 is 5.32 Å². The molecule has 1 heterocycles. The van der Waals surface area contributed by atoms with Gasteiger partial charge >= 0.3 is 0 Å². The van der Waals surface area contributed by atoms with E-state index in [0.717, 1.165) is 13.1 Å². The fourth-order valence-electron chi connectivity index (χ4n) is 0.800. The molecule has 0 amide bonds. The highest BCUT2D eigenvalue weighted by atomic mass is 15.2. The van der Waals surface area contributed by atoms with Gasteiger partial charge in [-0.25, -0.2) is 0 Å². The van der Waals surface area contributed by atoms with Crippen LogP contribution in [0.1, 0.15) is 13.3 Å². The molecule has 0 bridgehead atoms. The van der Waals surface area contributed by atoms with E-state index in [-0.39, 0.29) is 0 Å². The molecule has 1 rings (SSSR count). The zero-order valence-electron chi connectivity index (χ0n) is 5.44. The molecule has 0 fully saturated rings. The molecule has 2 heteroatoms. The van der Waals surface area contributed by atoms with E-state index in [1.165, 1.54) is 5.70 Å². The van der Waals surface area contributed by atoms with Gasteiger partial charge in [0.1, 0.15) is 0 Å². The third-order valence-electron chi connectivity index (χ3n) is 1.31. The van der Waals surface area contributed by atoms with E-state index in [4.69, 9.17) is 0 Å². The second-order valence-corrected chi connectivity index (χ2v) is 2.10. The third-order valence-corrected chi connectivity index (χ3v) is 1.31. The zero-order valence-corrected chi connectivity index (χ0v) is 5.44. The second kappa shape index (κ2) is 2.07. The SMILES string of the molecule is CCC1=CN(C)CN1. The topological polar surface area (TPSA) is 15.3 Å². The molecule has 0 aromatic carbocycles. The molecule has 2 nitrogen and oxygen atoms in total. The average molecular weight is 112 g/mol. The Kier molecular flexibility index (Phi) is 1.42. The molecule has 1 aliphatic rings. The minimum atomic E-state index is 0.975. The van der Waals surface area contributed by atoms with Crippen LogP contribution in [0.5, 0.6) is 0 Å². The van der Waals surface area contributed by atoms with Crippen molar-refractivity contribution in [2.75, 3.05) is 13.7 Å². The number of rotatable bonds is 1. The normalized spacial score (nSPS) is 18.2. The van der Waals surface area contributed by atoms with Gasteiger partial charge in [-0.15, -0.1) is 0 Å². The molecule has 46 valence electrons. The van der Waals surface area contributed by atoms with Crippen LogP contribution in [-0.4, -0.2) is 18.6 Å². The van der Waals surface area contributed by atoms with Crippen molar-refractivity contribution < 1.29 is 0 Å². The lowest BCUT2D eigenvalue weighted by atomic mass is 10.4. The van der Waals surface area contributed by atoms with E-state index in [0.29, 0.717) is 0 Å². The van der Waals surface area contributed by atoms with Crippen LogP contribution in [0.3, 0.4) is 0 Å². The molecule has 0 atom stereocenters. The lowest BCUT2D eigenvalue weighted by molar-refractivity contribution is 0.473. The first kappa shape index (κ1) is 5.48. The maximum atomic E-state index is 3.24. The van der Waals surface area contributed by atoms with Crippen LogP contribution in [-0.2, 0) is 0 Å². The Morgan fingerprint density at radius 1 is 1.88 bits per heavy atom. The van der Waals surface area contributed by atoms with Gasteiger partial charge in [0.25, 0.3) is 0 Å². The lowest BCUT2D eigenvalue weighted by Crippen LogP contribution is -2.16. The Morgan fingerprint density at radius 2 is 2.62 bits per heavy atom. The van der Waals surface area contributed by atoms with Crippen molar-refractivity contribution in [1.29, 1.82) is 0 Å². The third kappa shape index (κ3) is 0.941. The molecule has 0 saturated heterocycles. The molecule has 0 radical (unpaired) electrons. The monoisotopic (exact) mass is 112 g/mol. The number of allylic oxidation sites excluding steroid dienone is 1. The van der Waals surface area contributed by atoms with Gasteiger partial charge in [-0.2, -0.15) is 0 Å². The fourth-order valence-corrected chi connectivity index (χ4v) is 0.800. The Bertz CT molecular complexity index is 107. The van der Waals surface area contributed by atoms with E-state index in [1.54, 1.807) is 0 Å². The summed E-state index contributed by atoms with van der Waals surface area (Å²) < 4.78 is 0. The first-order valence-corrected chi connectivity index (χ1v) is 2.97. The highest BCUT2D eigenvalue weighted by molar-refractivity contribution is 5.02. The van der Waals surface area contributed by atoms with Gasteiger partial charge < -0.3 is 10.2 Å². The van der Waals surface area contributed by atoms with Gasteiger partial charge in [-0.05, 0) is 6.42 Å². The van der Waals surface area contributed by atoms with Crippen molar-refractivity contribution in [3.63, 3.8) is 0 Å². The Hall–Kier alpha value is -0.660. The summed E-state index contributed by atoms with van der Waals surface area (Å²) in [5.41, 5.74) is 1.34. The van der Waals surface area contributed by atoms with Crippen molar-refractivity contribution in [1.82, 2.24) is 10.2 Å². The van der Waals surface area contributed by atoms with Crippen LogP contribution in [0, 0.1) is 0 Å². The summed E-state index contributed by atoms with van der Waals surface area (Å²) in [7, 11) is 2.07. The Morgan fingerprint density at radius 3 is 2.88 bits per heavy atom. The van der Waals surface area contributed by atoms with Crippen LogP contribution in [0.25, 0.3) is 0 Å². The van der Waals surface area contributed by atoms with Crippen molar-refractivity contribution in [3.05, 3.63) is 11.9 Å². The predicted octanol–water partition coefficient (Wildman–Crippen LogP) is 0.730. The summed E-state index contributed by atoms with van der Waals surface area (Å²) in [6.45, 7) is 3.13. The molecule has 0 saturated carbocycles. The van der Waals surface area contributed by atoms with Gasteiger partial charge in [-0.3, -0.25) is 0 Å². The fraction of sp³-hybridized carbons (Fsp3) is 0.667. The van der Waals surface area contributed by atoms with E-state index in [9.17, 15) is 0 Å². The minimum absolute atomic E-state index is 0.975. The Labute approximate surface area is 50.2 Å². The van der Waals surface area contributed by atoms with E-state index in [1.807, 2.05) is 0 Å². The number of hydrogen-bond donors (Lipinski definition) is 1. The molecule has 8 heavy (non-hydrogen) atoms. The smallest absolute Gasteiger partial charge is 0.0866 e. The first-order valence-electron chi connectivity index (χ1n) is 2.97. The van der Waals surface area contributed by atoms with E-state index < -0.39 is 0 Å². The van der Waals surface area contributed by atoms with Gasteiger partial charge in [0.2, 0.25) is 0 Å². The summed E-state index contributed by atoms with van der Waals surface area (Å²) in [6.07, 6.45) is 3.25. The molecular formula is C6H12N2. The number of nitrogens with one attached hydrogen (secondary N) is 1. The molecular weight excluding hydrogens is 100 g/mol. The highest BCUT2D eigenvalue weighted by Crippen LogP contribution is 2.02.